The molecule has 3 rings (SSSR count). The number of piperidine rings is 1. The summed E-state index contributed by atoms with van der Waals surface area (Å²) in [6, 6.07) is 4.12. The number of likely N-dealkylation sites (tertiary alicyclic amines) is 1. The second kappa shape index (κ2) is 7.07. The summed E-state index contributed by atoms with van der Waals surface area (Å²) in [6.07, 6.45) is 8.02. The van der Waals surface area contributed by atoms with E-state index in [4.69, 9.17) is 4.74 Å². The zero-order valence-corrected chi connectivity index (χ0v) is 14.0. The van der Waals surface area contributed by atoms with Gasteiger partial charge in [0.05, 0.1) is 12.7 Å². The molecule has 1 aromatic rings. The lowest BCUT2D eigenvalue weighted by molar-refractivity contribution is -0.0488. The summed E-state index contributed by atoms with van der Waals surface area (Å²) in [4.78, 5) is 9.46. The van der Waals surface area contributed by atoms with Crippen LogP contribution < -0.4 is 0 Å². The van der Waals surface area contributed by atoms with Crippen LogP contribution >= 0.6 is 0 Å². The maximum Gasteiger partial charge on any atom is 0.0967 e. The van der Waals surface area contributed by atoms with Gasteiger partial charge >= 0.3 is 0 Å². The van der Waals surface area contributed by atoms with Gasteiger partial charge in [-0.05, 0) is 45.8 Å². The molecule has 22 heavy (non-hydrogen) atoms. The van der Waals surface area contributed by atoms with E-state index in [-0.39, 0.29) is 11.6 Å². The zero-order valence-electron chi connectivity index (χ0n) is 14.0. The van der Waals surface area contributed by atoms with E-state index in [1.807, 2.05) is 18.5 Å². The van der Waals surface area contributed by atoms with E-state index in [0.29, 0.717) is 0 Å². The summed E-state index contributed by atoms with van der Waals surface area (Å²) in [5.41, 5.74) is 1.44. The molecule has 3 heterocycles. The number of nitrogens with zero attached hydrogens (tertiary/aromatic N) is 3. The molecule has 2 aliphatic rings. The molecule has 2 fully saturated rings. The smallest absolute Gasteiger partial charge is 0.0967 e. The van der Waals surface area contributed by atoms with Crippen molar-refractivity contribution in [3.8, 4) is 0 Å². The topological polar surface area (TPSA) is 28.6 Å². The van der Waals surface area contributed by atoms with E-state index in [2.05, 4.69) is 34.7 Å². The van der Waals surface area contributed by atoms with Crippen LogP contribution in [0.25, 0.3) is 0 Å². The Bertz CT molecular complexity index is 457. The van der Waals surface area contributed by atoms with Crippen LogP contribution in [0.5, 0.6) is 0 Å². The van der Waals surface area contributed by atoms with E-state index in [9.17, 15) is 0 Å². The first-order valence-electron chi connectivity index (χ1n) is 8.64. The molecule has 4 heteroatoms. The molecule has 1 aromatic heterocycles. The summed E-state index contributed by atoms with van der Waals surface area (Å²) in [5, 5.41) is 0. The summed E-state index contributed by atoms with van der Waals surface area (Å²) < 4.78 is 5.96. The van der Waals surface area contributed by atoms with Crippen LogP contribution in [0.1, 0.15) is 44.8 Å². The number of rotatable bonds is 4. The summed E-state index contributed by atoms with van der Waals surface area (Å²) in [7, 11) is 0. The normalized spacial score (nSPS) is 25.3. The van der Waals surface area contributed by atoms with Crippen LogP contribution in [-0.2, 0) is 4.74 Å². The van der Waals surface area contributed by atoms with Gasteiger partial charge in [0.15, 0.2) is 0 Å². The second-order valence-corrected chi connectivity index (χ2v) is 7.24. The Labute approximate surface area is 134 Å². The van der Waals surface area contributed by atoms with Crippen molar-refractivity contribution in [3.63, 3.8) is 0 Å². The third-order valence-electron chi connectivity index (χ3n) is 5.03. The highest BCUT2D eigenvalue weighted by Gasteiger charge is 2.32. The molecule has 1 atom stereocenters. The predicted octanol–water partition coefficient (Wildman–Crippen LogP) is 2.72. The molecule has 0 aliphatic carbocycles. The standard InChI is InChI=1S/C18H29N3O/c1-18(2,21-9-4-3-5-10-21)15-20-11-12-22-17(14-20)16-7-6-8-19-13-16/h6-8,13,17H,3-5,9-12,14-15H2,1-2H3. The van der Waals surface area contributed by atoms with Crippen LogP contribution in [0, 0.1) is 0 Å². The van der Waals surface area contributed by atoms with Crippen molar-refractivity contribution in [1.82, 2.24) is 14.8 Å². The van der Waals surface area contributed by atoms with Crippen molar-refractivity contribution >= 4 is 0 Å². The lowest BCUT2D eigenvalue weighted by Crippen LogP contribution is -2.55. The molecule has 2 saturated heterocycles. The molecule has 2 aliphatic heterocycles. The molecule has 4 nitrogen and oxygen atoms in total. The Morgan fingerprint density at radius 1 is 1.23 bits per heavy atom. The molecular formula is C18H29N3O. The third-order valence-corrected chi connectivity index (χ3v) is 5.03. The average molecular weight is 303 g/mol. The van der Waals surface area contributed by atoms with Crippen LogP contribution in [0.2, 0.25) is 0 Å². The minimum atomic E-state index is 0.166. The second-order valence-electron chi connectivity index (χ2n) is 7.24. The molecule has 0 bridgehead atoms. The van der Waals surface area contributed by atoms with Crippen molar-refractivity contribution in [2.24, 2.45) is 0 Å². The predicted molar refractivity (Wildman–Crippen MR) is 88.9 cm³/mol. The van der Waals surface area contributed by atoms with Crippen LogP contribution in [0.15, 0.2) is 24.5 Å². The highest BCUT2D eigenvalue weighted by Crippen LogP contribution is 2.26. The van der Waals surface area contributed by atoms with Crippen molar-refractivity contribution in [2.75, 3.05) is 39.3 Å². The van der Waals surface area contributed by atoms with Crippen molar-refractivity contribution in [1.29, 1.82) is 0 Å². The largest absolute Gasteiger partial charge is 0.371 e. The lowest BCUT2D eigenvalue weighted by atomic mass is 9.97. The van der Waals surface area contributed by atoms with Gasteiger partial charge in [-0.3, -0.25) is 14.8 Å². The van der Waals surface area contributed by atoms with E-state index < -0.39 is 0 Å². The third kappa shape index (κ3) is 3.86. The van der Waals surface area contributed by atoms with Gasteiger partial charge in [-0.25, -0.2) is 0 Å². The van der Waals surface area contributed by atoms with E-state index in [1.165, 1.54) is 37.9 Å². The Hall–Kier alpha value is -0.970. The molecule has 0 saturated carbocycles. The lowest BCUT2D eigenvalue weighted by Gasteiger charge is -2.45. The monoisotopic (exact) mass is 303 g/mol. The van der Waals surface area contributed by atoms with E-state index in [1.54, 1.807) is 0 Å². The molecule has 0 N–H and O–H groups in total. The summed E-state index contributed by atoms with van der Waals surface area (Å²) in [5.74, 6) is 0. The quantitative estimate of drug-likeness (QED) is 0.855. The molecule has 0 radical (unpaired) electrons. The van der Waals surface area contributed by atoms with Crippen molar-refractivity contribution in [2.45, 2.75) is 44.8 Å². The Balaban J connectivity index is 1.60. The fourth-order valence-corrected chi connectivity index (χ4v) is 3.76. The molecule has 122 valence electrons. The fourth-order valence-electron chi connectivity index (χ4n) is 3.76. The molecule has 0 spiro atoms. The molecule has 0 amide bonds. The number of hydrogen-bond donors (Lipinski definition) is 0. The first-order chi connectivity index (χ1) is 10.6. The first-order valence-corrected chi connectivity index (χ1v) is 8.64. The number of hydrogen-bond acceptors (Lipinski definition) is 4. The average Bonchev–Trinajstić information content (AvgIpc) is 2.56. The number of pyridine rings is 1. The maximum atomic E-state index is 5.96. The molecular weight excluding hydrogens is 274 g/mol. The van der Waals surface area contributed by atoms with Gasteiger partial charge in [0.2, 0.25) is 0 Å². The van der Waals surface area contributed by atoms with Crippen LogP contribution in [-0.4, -0.2) is 59.7 Å². The molecule has 0 aromatic carbocycles. The number of ether oxygens (including phenoxy) is 1. The van der Waals surface area contributed by atoms with Gasteiger partial charge in [-0.15, -0.1) is 0 Å². The minimum absolute atomic E-state index is 0.166. The van der Waals surface area contributed by atoms with Crippen LogP contribution in [0.3, 0.4) is 0 Å². The van der Waals surface area contributed by atoms with Crippen LogP contribution in [0.4, 0.5) is 0 Å². The number of aromatic nitrogens is 1. The Morgan fingerprint density at radius 2 is 2.05 bits per heavy atom. The summed E-state index contributed by atoms with van der Waals surface area (Å²) >= 11 is 0. The molecule has 1 unspecified atom stereocenters. The van der Waals surface area contributed by atoms with Gasteiger partial charge in [-0.1, -0.05) is 12.5 Å². The van der Waals surface area contributed by atoms with Gasteiger partial charge in [0.25, 0.3) is 0 Å². The first kappa shape index (κ1) is 15.9. The minimum Gasteiger partial charge on any atom is -0.371 e. The highest BCUT2D eigenvalue weighted by atomic mass is 16.5. The van der Waals surface area contributed by atoms with Gasteiger partial charge in [0.1, 0.15) is 0 Å². The van der Waals surface area contributed by atoms with Gasteiger partial charge in [0, 0.05) is 43.1 Å². The van der Waals surface area contributed by atoms with Gasteiger partial charge in [-0.2, -0.15) is 0 Å². The SMILES string of the molecule is CC(C)(CN1CCOC(c2cccnc2)C1)N1CCCCC1. The Kier molecular flexibility index (Phi) is 5.11. The Morgan fingerprint density at radius 3 is 2.77 bits per heavy atom. The highest BCUT2D eigenvalue weighted by molar-refractivity contribution is 5.13. The zero-order chi connectivity index (χ0) is 15.4. The van der Waals surface area contributed by atoms with E-state index >= 15 is 0 Å². The van der Waals surface area contributed by atoms with Crippen molar-refractivity contribution < 1.29 is 4.74 Å². The number of morpholine rings is 1. The summed E-state index contributed by atoms with van der Waals surface area (Å²) in [6.45, 7) is 11.2. The maximum absolute atomic E-state index is 5.96. The fraction of sp³-hybridized carbons (Fsp3) is 0.722. The van der Waals surface area contributed by atoms with Crippen molar-refractivity contribution in [3.05, 3.63) is 30.1 Å². The van der Waals surface area contributed by atoms with E-state index in [0.717, 1.165) is 26.2 Å². The van der Waals surface area contributed by atoms with Gasteiger partial charge < -0.3 is 4.74 Å².